The molecular weight excluding hydrogens is 336 g/mol. The predicted molar refractivity (Wildman–Crippen MR) is 93.7 cm³/mol. The van der Waals surface area contributed by atoms with Gasteiger partial charge in [-0.05, 0) is 80.5 Å². The summed E-state index contributed by atoms with van der Waals surface area (Å²) in [6.07, 6.45) is 8.42. The number of hydrogen-bond acceptors (Lipinski definition) is 2. The van der Waals surface area contributed by atoms with Crippen LogP contribution in [0.4, 0.5) is 5.69 Å². The Labute approximate surface area is 139 Å². The highest BCUT2D eigenvalue weighted by molar-refractivity contribution is 9.10. The molecule has 1 aromatic heterocycles. The summed E-state index contributed by atoms with van der Waals surface area (Å²) in [5.74, 6) is 2.82. The second-order valence-electron chi connectivity index (χ2n) is 7.96. The zero-order chi connectivity index (χ0) is 14.9. The van der Waals surface area contributed by atoms with Gasteiger partial charge in [0.1, 0.15) is 0 Å². The number of nitrogen functional groups attached to an aromatic ring is 1. The zero-order valence-electron chi connectivity index (χ0n) is 12.7. The molecule has 1 aromatic carbocycles. The molecule has 2 N–H and O–H groups in total. The zero-order valence-corrected chi connectivity index (χ0v) is 14.3. The van der Waals surface area contributed by atoms with Crippen molar-refractivity contribution in [1.29, 1.82) is 0 Å². The van der Waals surface area contributed by atoms with Crippen molar-refractivity contribution in [3.63, 3.8) is 0 Å². The summed E-state index contributed by atoms with van der Waals surface area (Å²) in [4.78, 5) is 5.07. The highest BCUT2D eigenvalue weighted by atomic mass is 79.9. The predicted octanol–water partition coefficient (Wildman–Crippen LogP) is 5.05. The van der Waals surface area contributed by atoms with Crippen molar-refractivity contribution in [2.24, 2.45) is 17.8 Å². The second-order valence-corrected chi connectivity index (χ2v) is 8.87. The summed E-state index contributed by atoms with van der Waals surface area (Å²) in [5, 5.41) is 1.07. The van der Waals surface area contributed by atoms with E-state index in [1.807, 2.05) is 0 Å². The minimum atomic E-state index is 0.324. The summed E-state index contributed by atoms with van der Waals surface area (Å²) in [7, 11) is 0. The van der Waals surface area contributed by atoms with Crippen LogP contribution in [-0.2, 0) is 5.41 Å². The summed E-state index contributed by atoms with van der Waals surface area (Å²) >= 11 is 3.53. The van der Waals surface area contributed by atoms with E-state index in [0.717, 1.165) is 38.8 Å². The van der Waals surface area contributed by atoms with E-state index in [1.54, 1.807) is 0 Å². The number of nitrogens with zero attached hydrogens (tertiary/aromatic N) is 1. The molecule has 0 unspecified atom stereocenters. The molecule has 3 heteroatoms. The first-order chi connectivity index (χ1) is 10.6. The first-order valence-corrected chi connectivity index (χ1v) is 9.27. The first-order valence-electron chi connectivity index (χ1n) is 8.48. The number of hydrogen-bond donors (Lipinski definition) is 1. The Bertz CT molecular complexity index is 732. The maximum absolute atomic E-state index is 6.38. The van der Waals surface area contributed by atoms with Crippen LogP contribution < -0.4 is 5.73 Å². The lowest BCUT2D eigenvalue weighted by atomic mass is 9.48. The molecule has 2 aromatic rings. The van der Waals surface area contributed by atoms with Crippen molar-refractivity contribution >= 4 is 32.5 Å². The van der Waals surface area contributed by atoms with Crippen molar-refractivity contribution in [1.82, 2.24) is 4.98 Å². The molecule has 4 fully saturated rings. The van der Waals surface area contributed by atoms with Gasteiger partial charge in [0.05, 0.1) is 5.52 Å². The van der Waals surface area contributed by atoms with Crippen LogP contribution >= 0.6 is 15.9 Å². The van der Waals surface area contributed by atoms with Crippen LogP contribution in [0, 0.1) is 17.8 Å². The van der Waals surface area contributed by atoms with Gasteiger partial charge in [-0.1, -0.05) is 15.9 Å². The molecule has 114 valence electrons. The summed E-state index contributed by atoms with van der Waals surface area (Å²) in [5.41, 5.74) is 9.92. The van der Waals surface area contributed by atoms with Crippen LogP contribution in [0.3, 0.4) is 0 Å². The number of fused-ring (bicyclic) bond motifs is 1. The fraction of sp³-hybridized carbons (Fsp3) is 0.526. The maximum atomic E-state index is 6.38. The lowest BCUT2D eigenvalue weighted by molar-refractivity contribution is -0.00703. The smallest absolute Gasteiger partial charge is 0.0727 e. The highest BCUT2D eigenvalue weighted by Crippen LogP contribution is 2.60. The number of aromatic nitrogens is 1. The lowest BCUT2D eigenvalue weighted by Crippen LogP contribution is -2.48. The standard InChI is InChI=1S/C19H21BrN2/c20-14-1-2-17-15(6-14)16(21)7-18(22-17)19-8-11-3-12(9-19)5-13(4-11)10-19/h1-2,6-7,11-13H,3-5,8-10H2,(H2,21,22). The van der Waals surface area contributed by atoms with Crippen LogP contribution in [0.5, 0.6) is 0 Å². The SMILES string of the molecule is Nc1cc(C23CC4CC(CC(C4)C2)C3)nc2ccc(Br)cc12. The van der Waals surface area contributed by atoms with Gasteiger partial charge in [0.25, 0.3) is 0 Å². The number of anilines is 1. The minimum Gasteiger partial charge on any atom is -0.398 e. The topological polar surface area (TPSA) is 38.9 Å². The maximum Gasteiger partial charge on any atom is 0.0727 e. The Kier molecular flexibility index (Phi) is 2.71. The molecule has 2 nitrogen and oxygen atoms in total. The molecule has 4 saturated carbocycles. The van der Waals surface area contributed by atoms with Gasteiger partial charge in [0.15, 0.2) is 0 Å². The fourth-order valence-corrected chi connectivity index (χ4v) is 6.28. The van der Waals surface area contributed by atoms with E-state index in [0.29, 0.717) is 5.41 Å². The van der Waals surface area contributed by atoms with Crippen molar-refractivity contribution in [2.45, 2.75) is 43.9 Å². The molecule has 0 radical (unpaired) electrons. The van der Waals surface area contributed by atoms with E-state index in [4.69, 9.17) is 10.7 Å². The number of nitrogens with two attached hydrogens (primary N) is 1. The molecule has 4 aliphatic rings. The average molecular weight is 357 g/mol. The lowest BCUT2D eigenvalue weighted by Gasteiger charge is -2.56. The third-order valence-electron chi connectivity index (χ3n) is 6.38. The Morgan fingerprint density at radius 3 is 2.27 bits per heavy atom. The first kappa shape index (κ1) is 13.4. The number of halogens is 1. The molecule has 4 aliphatic carbocycles. The third kappa shape index (κ3) is 1.87. The van der Waals surface area contributed by atoms with Crippen molar-refractivity contribution in [2.75, 3.05) is 5.73 Å². The molecular formula is C19H21BrN2. The van der Waals surface area contributed by atoms with E-state index < -0.39 is 0 Å². The summed E-state index contributed by atoms with van der Waals surface area (Å²) in [6, 6.07) is 8.43. The van der Waals surface area contributed by atoms with Crippen molar-refractivity contribution in [3.8, 4) is 0 Å². The van der Waals surface area contributed by atoms with Gasteiger partial charge in [-0.2, -0.15) is 0 Å². The van der Waals surface area contributed by atoms with Gasteiger partial charge >= 0.3 is 0 Å². The van der Waals surface area contributed by atoms with Crippen LogP contribution in [0.25, 0.3) is 10.9 Å². The molecule has 4 bridgehead atoms. The molecule has 0 aliphatic heterocycles. The van der Waals surface area contributed by atoms with Gasteiger partial charge in [0.2, 0.25) is 0 Å². The van der Waals surface area contributed by atoms with Crippen LogP contribution in [0.2, 0.25) is 0 Å². The second kappa shape index (κ2) is 4.47. The number of benzene rings is 1. The van der Waals surface area contributed by atoms with Crippen LogP contribution in [0.1, 0.15) is 44.2 Å². The van der Waals surface area contributed by atoms with Gasteiger partial charge in [-0.3, -0.25) is 4.98 Å². The summed E-state index contributed by atoms with van der Waals surface area (Å²) in [6.45, 7) is 0. The minimum absolute atomic E-state index is 0.324. The quantitative estimate of drug-likeness (QED) is 0.776. The third-order valence-corrected chi connectivity index (χ3v) is 6.88. The van der Waals surface area contributed by atoms with E-state index in [9.17, 15) is 0 Å². The molecule has 0 atom stereocenters. The Hall–Kier alpha value is -1.09. The van der Waals surface area contributed by atoms with E-state index in [-0.39, 0.29) is 0 Å². The number of pyridine rings is 1. The molecule has 22 heavy (non-hydrogen) atoms. The van der Waals surface area contributed by atoms with Gasteiger partial charge in [-0.25, -0.2) is 0 Å². The van der Waals surface area contributed by atoms with Crippen molar-refractivity contribution in [3.05, 3.63) is 34.4 Å². The summed E-state index contributed by atoms with van der Waals surface area (Å²) < 4.78 is 1.07. The molecule has 0 saturated heterocycles. The van der Waals surface area contributed by atoms with E-state index >= 15 is 0 Å². The molecule has 0 amide bonds. The number of rotatable bonds is 1. The normalized spacial score (nSPS) is 36.1. The molecule has 0 spiro atoms. The van der Waals surface area contributed by atoms with Gasteiger partial charge < -0.3 is 5.73 Å². The Morgan fingerprint density at radius 2 is 1.64 bits per heavy atom. The van der Waals surface area contributed by atoms with E-state index in [2.05, 4.69) is 40.2 Å². The molecule has 1 heterocycles. The van der Waals surface area contributed by atoms with Gasteiger partial charge in [0, 0.05) is 26.7 Å². The van der Waals surface area contributed by atoms with Crippen LogP contribution in [-0.4, -0.2) is 4.98 Å². The fourth-order valence-electron chi connectivity index (χ4n) is 5.92. The monoisotopic (exact) mass is 356 g/mol. The average Bonchev–Trinajstić information content (AvgIpc) is 2.46. The van der Waals surface area contributed by atoms with Crippen molar-refractivity contribution < 1.29 is 0 Å². The van der Waals surface area contributed by atoms with E-state index in [1.165, 1.54) is 44.2 Å². The Balaban J connectivity index is 1.66. The van der Waals surface area contributed by atoms with Crippen LogP contribution in [0.15, 0.2) is 28.7 Å². The Morgan fingerprint density at radius 1 is 1.00 bits per heavy atom. The highest BCUT2D eigenvalue weighted by Gasteiger charge is 2.52. The van der Waals surface area contributed by atoms with Gasteiger partial charge in [-0.15, -0.1) is 0 Å². The largest absolute Gasteiger partial charge is 0.398 e. The molecule has 6 rings (SSSR count).